The molecule has 3 aromatic heterocycles. The molecule has 8 aromatic carbocycles. The largest absolute Gasteiger partial charge is 0.457 e. The lowest BCUT2D eigenvalue weighted by molar-refractivity contribution is 0.484. The molecule has 0 aliphatic heterocycles. The van der Waals surface area contributed by atoms with Crippen LogP contribution in [0.1, 0.15) is 0 Å². The molecule has 0 aliphatic carbocycles. The van der Waals surface area contributed by atoms with Gasteiger partial charge < -0.3 is 4.74 Å². The summed E-state index contributed by atoms with van der Waals surface area (Å²) < 4.78 is 8.81. The maximum absolute atomic E-state index is 6.66. The third-order valence-corrected chi connectivity index (χ3v) is 10.8. The summed E-state index contributed by atoms with van der Waals surface area (Å²) >= 11 is 0. The topological polar surface area (TPSA) is 91.5 Å². The van der Waals surface area contributed by atoms with Crippen molar-refractivity contribution >= 4 is 21.8 Å². The molecule has 0 bridgehead atoms. The molecular weight excluding hydrogens is 763 g/mol. The number of rotatable bonds is 9. The zero-order valence-electron chi connectivity index (χ0n) is 33.2. The minimum Gasteiger partial charge on any atom is -0.457 e. The molecule has 0 amide bonds. The van der Waals surface area contributed by atoms with E-state index >= 15 is 0 Å². The molecule has 0 radical (unpaired) electrons. The predicted octanol–water partition coefficient (Wildman–Crippen LogP) is 12.9. The van der Waals surface area contributed by atoms with Gasteiger partial charge in [0, 0.05) is 33.0 Å². The summed E-state index contributed by atoms with van der Waals surface area (Å²) in [6.07, 6.45) is 0. The van der Waals surface area contributed by atoms with E-state index in [0.717, 1.165) is 60.8 Å². The molecule has 0 fully saturated rings. The van der Waals surface area contributed by atoms with Crippen LogP contribution in [0.3, 0.4) is 0 Å². The second-order valence-corrected chi connectivity index (χ2v) is 14.7. The molecule has 0 unspecified atom stereocenters. The summed E-state index contributed by atoms with van der Waals surface area (Å²) in [5.41, 5.74) is 8.54. The van der Waals surface area contributed by atoms with Crippen molar-refractivity contribution < 1.29 is 4.74 Å². The highest BCUT2D eigenvalue weighted by Crippen LogP contribution is 2.39. The lowest BCUT2D eigenvalue weighted by Gasteiger charge is -2.14. The van der Waals surface area contributed by atoms with Gasteiger partial charge in [0.05, 0.1) is 16.6 Å². The van der Waals surface area contributed by atoms with Gasteiger partial charge in [-0.1, -0.05) is 164 Å². The first-order valence-electron chi connectivity index (χ1n) is 20.4. The molecule has 0 saturated carbocycles. The second kappa shape index (κ2) is 15.9. The van der Waals surface area contributed by atoms with Gasteiger partial charge in [-0.15, -0.1) is 0 Å². The second-order valence-electron chi connectivity index (χ2n) is 14.7. The number of para-hydroxylation sites is 2. The van der Waals surface area contributed by atoms with Crippen molar-refractivity contribution in [2.24, 2.45) is 0 Å². The van der Waals surface area contributed by atoms with E-state index in [4.69, 9.17) is 34.6 Å². The Morgan fingerprint density at radius 3 is 1.35 bits per heavy atom. The minimum atomic E-state index is 0.485. The Kier molecular flexibility index (Phi) is 9.33. The molecule has 11 aromatic rings. The van der Waals surface area contributed by atoms with Gasteiger partial charge in [0.25, 0.3) is 0 Å². The minimum absolute atomic E-state index is 0.485. The standard InChI is InChI=1S/C54H35N7O/c1-5-18-36(19-6-1)42-28-17-30-46-48(42)43-26-13-15-29-45(43)61(46)54-59-52(39-24-11-4-12-25-39)58-53(60-54)44-27-14-16-31-47(44)62-41-34-32-40(33-35-41)51-56-49(37-20-7-2-8-21-37)55-50(57-51)38-22-9-3-10-23-38/h1-35H. The quantitative estimate of drug-likeness (QED) is 0.144. The van der Waals surface area contributed by atoms with Crippen molar-refractivity contribution in [3.8, 4) is 85.5 Å². The molecule has 292 valence electrons. The van der Waals surface area contributed by atoms with Crippen LogP contribution < -0.4 is 4.74 Å². The van der Waals surface area contributed by atoms with Crippen LogP contribution in [0.2, 0.25) is 0 Å². The van der Waals surface area contributed by atoms with E-state index in [9.17, 15) is 0 Å². The first kappa shape index (κ1) is 36.5. The fraction of sp³-hybridized carbons (Fsp3) is 0. The normalized spacial score (nSPS) is 11.2. The predicted molar refractivity (Wildman–Crippen MR) is 247 cm³/mol. The average molecular weight is 798 g/mol. The van der Waals surface area contributed by atoms with Crippen LogP contribution in [0.4, 0.5) is 0 Å². The summed E-state index contributed by atoms with van der Waals surface area (Å²) in [5, 5.41) is 2.25. The van der Waals surface area contributed by atoms with Gasteiger partial charge in [0.1, 0.15) is 11.5 Å². The zero-order chi connectivity index (χ0) is 41.2. The van der Waals surface area contributed by atoms with Crippen LogP contribution in [-0.2, 0) is 0 Å². The van der Waals surface area contributed by atoms with Gasteiger partial charge in [0.15, 0.2) is 29.1 Å². The van der Waals surface area contributed by atoms with Gasteiger partial charge >= 0.3 is 0 Å². The lowest BCUT2D eigenvalue weighted by Crippen LogP contribution is -2.06. The number of hydrogen-bond donors (Lipinski definition) is 0. The Hall–Kier alpha value is -8.62. The first-order valence-corrected chi connectivity index (χ1v) is 20.4. The third-order valence-electron chi connectivity index (χ3n) is 10.8. The molecule has 0 aliphatic rings. The zero-order valence-corrected chi connectivity index (χ0v) is 33.2. The van der Waals surface area contributed by atoms with Crippen molar-refractivity contribution in [3.05, 3.63) is 212 Å². The number of nitrogens with zero attached hydrogens (tertiary/aromatic N) is 7. The first-order chi connectivity index (χ1) is 30.7. The van der Waals surface area contributed by atoms with E-state index in [0.29, 0.717) is 46.6 Å². The van der Waals surface area contributed by atoms with Crippen molar-refractivity contribution in [1.29, 1.82) is 0 Å². The van der Waals surface area contributed by atoms with E-state index in [2.05, 4.69) is 71.3 Å². The highest BCUT2D eigenvalue weighted by Gasteiger charge is 2.21. The number of benzene rings is 8. The molecule has 0 saturated heterocycles. The number of aromatic nitrogens is 7. The van der Waals surface area contributed by atoms with Gasteiger partial charge in [-0.3, -0.25) is 4.57 Å². The van der Waals surface area contributed by atoms with Crippen molar-refractivity contribution in [3.63, 3.8) is 0 Å². The summed E-state index contributed by atoms with van der Waals surface area (Å²) in [7, 11) is 0. The van der Waals surface area contributed by atoms with E-state index in [1.54, 1.807) is 0 Å². The highest BCUT2D eigenvalue weighted by molar-refractivity contribution is 6.15. The Bertz CT molecular complexity index is 3300. The van der Waals surface area contributed by atoms with Gasteiger partial charge in [-0.25, -0.2) is 19.9 Å². The Morgan fingerprint density at radius 1 is 0.306 bits per heavy atom. The van der Waals surface area contributed by atoms with Crippen molar-refractivity contribution in [2.45, 2.75) is 0 Å². The summed E-state index contributed by atoms with van der Waals surface area (Å²) in [6.45, 7) is 0. The van der Waals surface area contributed by atoms with Crippen LogP contribution >= 0.6 is 0 Å². The maximum Gasteiger partial charge on any atom is 0.238 e. The summed E-state index contributed by atoms with van der Waals surface area (Å²) in [5.74, 6) is 4.55. The Balaban J connectivity index is 1.00. The number of ether oxygens (including phenoxy) is 1. The molecule has 8 heteroatoms. The van der Waals surface area contributed by atoms with E-state index in [-0.39, 0.29) is 0 Å². The molecular formula is C54H35N7O. The highest BCUT2D eigenvalue weighted by atomic mass is 16.5. The maximum atomic E-state index is 6.66. The van der Waals surface area contributed by atoms with Crippen LogP contribution in [-0.4, -0.2) is 34.5 Å². The van der Waals surface area contributed by atoms with E-state index in [1.807, 2.05) is 146 Å². The SMILES string of the molecule is c1ccc(-c2nc(-c3ccccc3)nc(-c3ccc(Oc4ccccc4-c4nc(-c5ccccc5)nc(-n5c6ccccc6c6c(-c7ccccc7)cccc65)n4)cc3)n2)cc1. The van der Waals surface area contributed by atoms with E-state index < -0.39 is 0 Å². The third kappa shape index (κ3) is 6.91. The molecule has 0 N–H and O–H groups in total. The molecule has 0 atom stereocenters. The lowest BCUT2D eigenvalue weighted by atomic mass is 9.99. The van der Waals surface area contributed by atoms with E-state index in [1.165, 1.54) is 0 Å². The van der Waals surface area contributed by atoms with Crippen LogP contribution in [0.15, 0.2) is 212 Å². The molecule has 8 nitrogen and oxygen atoms in total. The molecule has 0 spiro atoms. The number of hydrogen-bond acceptors (Lipinski definition) is 7. The fourth-order valence-corrected chi connectivity index (χ4v) is 7.87. The summed E-state index contributed by atoms with van der Waals surface area (Å²) in [6, 6.07) is 70.9. The molecule has 62 heavy (non-hydrogen) atoms. The average Bonchev–Trinajstić information content (AvgIpc) is 3.70. The van der Waals surface area contributed by atoms with Gasteiger partial charge in [0.2, 0.25) is 5.95 Å². The van der Waals surface area contributed by atoms with Crippen molar-refractivity contribution in [2.75, 3.05) is 0 Å². The fourth-order valence-electron chi connectivity index (χ4n) is 7.87. The van der Waals surface area contributed by atoms with Crippen molar-refractivity contribution in [1.82, 2.24) is 34.5 Å². The smallest absolute Gasteiger partial charge is 0.238 e. The van der Waals surface area contributed by atoms with Gasteiger partial charge in [-0.2, -0.15) is 9.97 Å². The molecule has 11 rings (SSSR count). The van der Waals surface area contributed by atoms with Gasteiger partial charge in [-0.05, 0) is 59.7 Å². The van der Waals surface area contributed by atoms with Crippen LogP contribution in [0.5, 0.6) is 11.5 Å². The Labute approximate surface area is 357 Å². The van der Waals surface area contributed by atoms with Crippen LogP contribution in [0.25, 0.3) is 95.8 Å². The number of fused-ring (bicyclic) bond motifs is 3. The van der Waals surface area contributed by atoms with Crippen LogP contribution in [0, 0.1) is 0 Å². The Morgan fingerprint density at radius 2 is 0.742 bits per heavy atom. The summed E-state index contributed by atoms with van der Waals surface area (Å²) in [4.78, 5) is 30.1. The monoisotopic (exact) mass is 797 g/mol. The molecule has 3 heterocycles.